The van der Waals surface area contributed by atoms with Crippen LogP contribution in [0.25, 0.3) is 0 Å². The Bertz CT molecular complexity index is 1010. The monoisotopic (exact) mass is 486 g/mol. The number of aryl methyl sites for hydroxylation is 1. The summed E-state index contributed by atoms with van der Waals surface area (Å²) in [6, 6.07) is 7.11. The molecule has 0 spiro atoms. The first-order valence-electron chi connectivity index (χ1n) is 10.2. The maximum Gasteiger partial charge on any atom is 0.405 e. The first-order chi connectivity index (χ1) is 15.4. The Kier molecular flexibility index (Phi) is 8.99. The van der Waals surface area contributed by atoms with Crippen LogP contribution in [0.5, 0.6) is 11.5 Å². The number of amides is 2. The van der Waals surface area contributed by atoms with Crippen molar-refractivity contribution >= 4 is 29.1 Å². The fourth-order valence-electron chi connectivity index (χ4n) is 2.76. The number of nitrogens with one attached hydrogen (secondary N) is 2. The molecule has 0 aromatic heterocycles. The zero-order chi connectivity index (χ0) is 24.8. The minimum absolute atomic E-state index is 0.0235. The van der Waals surface area contributed by atoms with E-state index in [1.807, 2.05) is 0 Å². The van der Waals surface area contributed by atoms with Crippen LogP contribution >= 0.6 is 11.6 Å². The summed E-state index contributed by atoms with van der Waals surface area (Å²) in [6.45, 7) is 4.79. The van der Waals surface area contributed by atoms with Crippen molar-refractivity contribution in [3.63, 3.8) is 0 Å². The summed E-state index contributed by atoms with van der Waals surface area (Å²) in [5.74, 6) is -0.394. The van der Waals surface area contributed by atoms with Crippen molar-refractivity contribution in [3.8, 4) is 11.5 Å². The van der Waals surface area contributed by atoms with Gasteiger partial charge in [-0.1, -0.05) is 31.5 Å². The van der Waals surface area contributed by atoms with E-state index in [0.29, 0.717) is 23.8 Å². The average molecular weight is 487 g/mol. The predicted molar refractivity (Wildman–Crippen MR) is 120 cm³/mol. The van der Waals surface area contributed by atoms with Gasteiger partial charge in [0.25, 0.3) is 11.8 Å². The molecule has 0 heterocycles. The summed E-state index contributed by atoms with van der Waals surface area (Å²) in [6.07, 6.45) is -3.71. The highest BCUT2D eigenvalue weighted by Gasteiger charge is 2.28. The van der Waals surface area contributed by atoms with Crippen LogP contribution in [0.4, 0.5) is 18.9 Å². The summed E-state index contributed by atoms with van der Waals surface area (Å²) in [5, 5.41) is 4.65. The van der Waals surface area contributed by atoms with Gasteiger partial charge in [0, 0.05) is 16.8 Å². The number of hydrogen-bond donors (Lipinski definition) is 2. The third-order valence-corrected chi connectivity index (χ3v) is 4.91. The van der Waals surface area contributed by atoms with Crippen LogP contribution in [0.3, 0.4) is 0 Å². The Balaban J connectivity index is 2.20. The Hall–Kier alpha value is -2.94. The van der Waals surface area contributed by atoms with Gasteiger partial charge < -0.3 is 20.1 Å². The first kappa shape index (κ1) is 26.3. The molecule has 2 aromatic carbocycles. The van der Waals surface area contributed by atoms with Crippen molar-refractivity contribution in [1.29, 1.82) is 0 Å². The Morgan fingerprint density at radius 3 is 2.39 bits per heavy atom. The second-order valence-electron chi connectivity index (χ2n) is 7.80. The molecule has 0 aliphatic rings. The van der Waals surface area contributed by atoms with Crippen LogP contribution in [0.1, 0.15) is 46.5 Å². The normalized spacial score (nSPS) is 11.3. The van der Waals surface area contributed by atoms with Crippen molar-refractivity contribution in [2.75, 3.05) is 25.6 Å². The minimum atomic E-state index is -4.53. The standard InChI is InChI=1S/C23H26ClF3N2O4/c1-13(2)7-8-33-20-17(24)9-16(11-19(20)32-4)22(31)29-18-10-15(6-5-14(18)3)21(30)28-12-23(25,26)27/h5-6,9-11,13H,7-8,12H2,1-4H3,(H,28,30)(H,29,31). The van der Waals surface area contributed by atoms with E-state index in [0.717, 1.165) is 6.42 Å². The Labute approximate surface area is 195 Å². The molecule has 0 radical (unpaired) electrons. The third kappa shape index (κ3) is 7.85. The molecule has 0 aliphatic heterocycles. The zero-order valence-electron chi connectivity index (χ0n) is 18.7. The number of methoxy groups -OCH3 is 1. The molecule has 0 atom stereocenters. The number of carbonyl (C=O) groups excluding carboxylic acids is 2. The minimum Gasteiger partial charge on any atom is -0.493 e. The van der Waals surface area contributed by atoms with E-state index in [1.165, 1.54) is 37.4 Å². The second kappa shape index (κ2) is 11.3. The van der Waals surface area contributed by atoms with Crippen LogP contribution in [0.15, 0.2) is 30.3 Å². The fraction of sp³-hybridized carbons (Fsp3) is 0.391. The van der Waals surface area contributed by atoms with Gasteiger partial charge in [0.15, 0.2) is 11.5 Å². The number of ether oxygens (including phenoxy) is 2. The second-order valence-corrected chi connectivity index (χ2v) is 8.21. The molecule has 33 heavy (non-hydrogen) atoms. The number of benzene rings is 2. The number of alkyl halides is 3. The molecule has 2 aromatic rings. The van der Waals surface area contributed by atoms with Gasteiger partial charge >= 0.3 is 6.18 Å². The van der Waals surface area contributed by atoms with Crippen LogP contribution in [0, 0.1) is 12.8 Å². The zero-order valence-corrected chi connectivity index (χ0v) is 19.5. The summed E-state index contributed by atoms with van der Waals surface area (Å²) in [7, 11) is 1.43. The molecule has 0 unspecified atom stereocenters. The van der Waals surface area contributed by atoms with Gasteiger partial charge in [0.2, 0.25) is 0 Å². The number of halogens is 4. The van der Waals surface area contributed by atoms with Crippen LogP contribution < -0.4 is 20.1 Å². The maximum atomic E-state index is 12.8. The molecule has 0 bridgehead atoms. The lowest BCUT2D eigenvalue weighted by Gasteiger charge is -2.16. The van der Waals surface area contributed by atoms with Gasteiger partial charge in [-0.2, -0.15) is 13.2 Å². The maximum absolute atomic E-state index is 12.8. The van der Waals surface area contributed by atoms with Crippen molar-refractivity contribution < 1.29 is 32.2 Å². The largest absolute Gasteiger partial charge is 0.493 e. The number of rotatable bonds is 9. The lowest BCUT2D eigenvalue weighted by molar-refractivity contribution is -0.123. The highest BCUT2D eigenvalue weighted by Crippen LogP contribution is 2.37. The first-order valence-corrected chi connectivity index (χ1v) is 10.6. The van der Waals surface area contributed by atoms with Crippen molar-refractivity contribution in [2.45, 2.75) is 33.4 Å². The van der Waals surface area contributed by atoms with Gasteiger partial charge in [-0.3, -0.25) is 9.59 Å². The van der Waals surface area contributed by atoms with E-state index in [9.17, 15) is 22.8 Å². The molecule has 0 saturated carbocycles. The van der Waals surface area contributed by atoms with E-state index in [4.69, 9.17) is 21.1 Å². The molecule has 0 fully saturated rings. The smallest absolute Gasteiger partial charge is 0.405 e. The number of hydrogen-bond acceptors (Lipinski definition) is 4. The van der Waals surface area contributed by atoms with E-state index in [1.54, 1.807) is 12.2 Å². The molecule has 6 nitrogen and oxygen atoms in total. The molecule has 0 saturated heterocycles. The molecule has 180 valence electrons. The Morgan fingerprint density at radius 2 is 1.79 bits per heavy atom. The summed E-state index contributed by atoms with van der Waals surface area (Å²) in [5.41, 5.74) is 1.04. The fourth-order valence-corrected chi connectivity index (χ4v) is 3.03. The quantitative estimate of drug-likeness (QED) is 0.482. The predicted octanol–water partition coefficient (Wildman–Crippen LogP) is 5.63. The van der Waals surface area contributed by atoms with Gasteiger partial charge in [0.05, 0.1) is 18.7 Å². The van der Waals surface area contributed by atoms with Crippen molar-refractivity contribution in [3.05, 3.63) is 52.0 Å². The summed E-state index contributed by atoms with van der Waals surface area (Å²) >= 11 is 6.32. The summed E-state index contributed by atoms with van der Waals surface area (Å²) < 4.78 is 48.1. The molecule has 2 N–H and O–H groups in total. The average Bonchev–Trinajstić information content (AvgIpc) is 2.73. The molecule has 0 aliphatic carbocycles. The van der Waals surface area contributed by atoms with Crippen molar-refractivity contribution in [2.24, 2.45) is 5.92 Å². The molecule has 2 rings (SSSR count). The molecule has 10 heteroatoms. The molecular weight excluding hydrogens is 461 g/mol. The van der Waals surface area contributed by atoms with E-state index in [2.05, 4.69) is 19.2 Å². The van der Waals surface area contributed by atoms with E-state index < -0.39 is 24.5 Å². The molecular formula is C23H26ClF3N2O4. The van der Waals surface area contributed by atoms with Gasteiger partial charge in [-0.05, 0) is 49.1 Å². The SMILES string of the molecule is COc1cc(C(=O)Nc2cc(C(=O)NCC(F)(F)F)ccc2C)cc(Cl)c1OCCC(C)C. The lowest BCUT2D eigenvalue weighted by Crippen LogP contribution is -2.33. The summed E-state index contributed by atoms with van der Waals surface area (Å²) in [4.78, 5) is 24.9. The number of anilines is 1. The van der Waals surface area contributed by atoms with Crippen molar-refractivity contribution in [1.82, 2.24) is 5.32 Å². The van der Waals surface area contributed by atoms with Crippen LogP contribution in [-0.2, 0) is 0 Å². The highest BCUT2D eigenvalue weighted by atomic mass is 35.5. The topological polar surface area (TPSA) is 76.7 Å². The van der Waals surface area contributed by atoms with Gasteiger partial charge in [0.1, 0.15) is 6.54 Å². The van der Waals surface area contributed by atoms with Gasteiger partial charge in [-0.25, -0.2) is 0 Å². The molecule has 2 amide bonds. The van der Waals surface area contributed by atoms with E-state index >= 15 is 0 Å². The number of carbonyl (C=O) groups is 2. The van der Waals surface area contributed by atoms with Crippen LogP contribution in [-0.4, -0.2) is 38.3 Å². The van der Waals surface area contributed by atoms with Crippen LogP contribution in [0.2, 0.25) is 5.02 Å². The van der Waals surface area contributed by atoms with Gasteiger partial charge in [-0.15, -0.1) is 0 Å². The van der Waals surface area contributed by atoms with E-state index in [-0.39, 0.29) is 27.6 Å². The highest BCUT2D eigenvalue weighted by molar-refractivity contribution is 6.32. The lowest BCUT2D eigenvalue weighted by atomic mass is 10.1. The Morgan fingerprint density at radius 1 is 1.09 bits per heavy atom. The third-order valence-electron chi connectivity index (χ3n) is 4.63.